The van der Waals surface area contributed by atoms with Crippen LogP contribution in [0.2, 0.25) is 0 Å². The third kappa shape index (κ3) is 20.5. The summed E-state index contributed by atoms with van der Waals surface area (Å²) >= 11 is 0. The Labute approximate surface area is 192 Å². The smallest absolute Gasteiger partial charge is 0.317 e. The van der Waals surface area contributed by atoms with Gasteiger partial charge in [0.05, 0.1) is 26.2 Å². The molecule has 0 unspecified atom stereocenters. The Morgan fingerprint density at radius 3 is 0.870 bits per heavy atom. The van der Waals surface area contributed by atoms with Crippen molar-refractivity contribution in [3.8, 4) is 0 Å². The normalized spacial score (nSPS) is 9.30. The first-order valence-corrected chi connectivity index (χ1v) is 5.52. The predicted molar refractivity (Wildman–Crippen MR) is 80.7 cm³/mol. The van der Waals surface area contributed by atoms with Gasteiger partial charge in [0.2, 0.25) is 0 Å². The Morgan fingerprint density at radius 1 is 0.565 bits per heavy atom. The van der Waals surface area contributed by atoms with E-state index in [-0.39, 0.29) is 95.3 Å². The summed E-state index contributed by atoms with van der Waals surface area (Å²) in [6, 6.07) is 0. The second kappa shape index (κ2) is 17.4. The molecule has 0 aromatic carbocycles. The molecule has 0 bridgehead atoms. The fraction of sp³-hybridized carbons (Fsp3) is 0.600. The van der Waals surface area contributed by atoms with Crippen molar-refractivity contribution >= 4 is 106 Å². The zero-order valence-electron chi connectivity index (χ0n) is 13.3. The van der Waals surface area contributed by atoms with E-state index in [1.54, 1.807) is 0 Å². The summed E-state index contributed by atoms with van der Waals surface area (Å²) in [4.78, 5) is 44.4. The van der Waals surface area contributed by atoms with Crippen molar-refractivity contribution < 1.29 is 39.6 Å². The number of rotatable bonds is 11. The molecule has 0 amide bonds. The van der Waals surface area contributed by atoms with Crippen LogP contribution in [0.3, 0.4) is 0 Å². The van der Waals surface area contributed by atoms with E-state index in [2.05, 4.69) is 0 Å². The van der Waals surface area contributed by atoms with Crippen LogP contribution in [0, 0.1) is 0 Å². The van der Waals surface area contributed by atoms with Gasteiger partial charge in [0.1, 0.15) is 0 Å². The zero-order chi connectivity index (χ0) is 15.7. The van der Waals surface area contributed by atoms with Crippen molar-refractivity contribution in [2.75, 3.05) is 39.3 Å². The van der Waals surface area contributed by atoms with E-state index in [0.717, 1.165) is 9.80 Å². The summed E-state index contributed by atoms with van der Waals surface area (Å²) < 4.78 is 0. The Morgan fingerprint density at radius 2 is 0.739 bits per heavy atom. The van der Waals surface area contributed by atoms with Crippen LogP contribution >= 0.6 is 0 Å². The molecule has 4 radical (unpaired) electrons. The molecule has 0 spiro atoms. The SMILES string of the molecule is O=C(O)CN(CCN(CC(=O)O)CC(=O)O)CC(=O)O.[Mg].[Na].[Na]. The van der Waals surface area contributed by atoms with Crippen molar-refractivity contribution in [2.45, 2.75) is 0 Å². The summed E-state index contributed by atoms with van der Waals surface area (Å²) in [5.74, 6) is -4.91. The van der Waals surface area contributed by atoms with Crippen molar-refractivity contribution in [3.05, 3.63) is 0 Å². The summed E-state index contributed by atoms with van der Waals surface area (Å²) in [5.41, 5.74) is 0. The van der Waals surface area contributed by atoms with Crippen LogP contribution in [0.5, 0.6) is 0 Å². The van der Waals surface area contributed by atoms with Crippen molar-refractivity contribution in [1.82, 2.24) is 9.80 Å². The van der Waals surface area contributed by atoms with Gasteiger partial charge in [-0.25, -0.2) is 0 Å². The molecule has 0 aliphatic carbocycles. The molecule has 13 heteroatoms. The molecular formula is C10H16MgN2Na2O8. The van der Waals surface area contributed by atoms with Gasteiger partial charge in [-0.1, -0.05) is 0 Å². The van der Waals surface area contributed by atoms with Crippen molar-refractivity contribution in [1.29, 1.82) is 0 Å². The average molecular weight is 363 g/mol. The molecule has 0 fully saturated rings. The van der Waals surface area contributed by atoms with E-state index in [0.29, 0.717) is 0 Å². The Hall–Kier alpha value is 0.566. The van der Waals surface area contributed by atoms with Crippen LogP contribution in [0.15, 0.2) is 0 Å². The minimum Gasteiger partial charge on any atom is -0.480 e. The van der Waals surface area contributed by atoms with Crippen LogP contribution in [-0.2, 0) is 19.2 Å². The third-order valence-corrected chi connectivity index (χ3v) is 2.17. The first-order valence-electron chi connectivity index (χ1n) is 5.52. The molecule has 0 atom stereocenters. The number of hydrogen-bond acceptors (Lipinski definition) is 6. The van der Waals surface area contributed by atoms with E-state index in [9.17, 15) is 19.2 Å². The van der Waals surface area contributed by atoms with Gasteiger partial charge >= 0.3 is 23.9 Å². The third-order valence-electron chi connectivity index (χ3n) is 2.17. The van der Waals surface area contributed by atoms with Gasteiger partial charge in [-0.3, -0.25) is 29.0 Å². The molecule has 0 saturated carbocycles. The molecule has 118 valence electrons. The van der Waals surface area contributed by atoms with Gasteiger partial charge < -0.3 is 20.4 Å². The maximum Gasteiger partial charge on any atom is 0.317 e. The first-order chi connectivity index (χ1) is 9.20. The molecule has 0 aromatic heterocycles. The topological polar surface area (TPSA) is 156 Å². The van der Waals surface area contributed by atoms with Gasteiger partial charge in [-0.05, 0) is 0 Å². The van der Waals surface area contributed by atoms with Crippen LogP contribution in [0.25, 0.3) is 0 Å². The Bertz CT molecular complexity index is 331. The predicted octanol–water partition coefficient (Wildman–Crippen LogP) is -3.21. The van der Waals surface area contributed by atoms with Crippen molar-refractivity contribution in [3.63, 3.8) is 0 Å². The average Bonchev–Trinajstić information content (AvgIpc) is 2.22. The van der Waals surface area contributed by atoms with E-state index in [1.807, 2.05) is 0 Å². The quantitative estimate of drug-likeness (QED) is 0.276. The number of carboxylic acids is 4. The molecule has 0 saturated heterocycles. The molecule has 4 N–H and O–H groups in total. The number of carboxylic acid groups (broad SMARTS) is 4. The van der Waals surface area contributed by atoms with Gasteiger partial charge in [0.15, 0.2) is 0 Å². The van der Waals surface area contributed by atoms with E-state index in [1.165, 1.54) is 0 Å². The monoisotopic (exact) mass is 362 g/mol. The van der Waals surface area contributed by atoms with Gasteiger partial charge in [0.25, 0.3) is 0 Å². The largest absolute Gasteiger partial charge is 0.480 e. The van der Waals surface area contributed by atoms with Crippen LogP contribution in [-0.4, -0.2) is 176 Å². The maximum absolute atomic E-state index is 10.6. The van der Waals surface area contributed by atoms with E-state index in [4.69, 9.17) is 20.4 Å². The molecule has 0 aliphatic heterocycles. The number of aliphatic carboxylic acids is 4. The zero-order valence-corrected chi connectivity index (χ0v) is 18.7. The second-order valence-electron chi connectivity index (χ2n) is 4.00. The maximum atomic E-state index is 10.6. The molecule has 0 aromatic rings. The fourth-order valence-corrected chi connectivity index (χ4v) is 1.48. The Kier molecular flexibility index (Phi) is 23.7. The minimum atomic E-state index is -1.23. The van der Waals surface area contributed by atoms with Crippen LogP contribution in [0.4, 0.5) is 0 Å². The number of hydrogen-bond donors (Lipinski definition) is 4. The molecule has 0 aliphatic rings. The molecular weight excluding hydrogens is 346 g/mol. The number of nitrogens with zero attached hydrogens (tertiary/aromatic N) is 2. The summed E-state index contributed by atoms with van der Waals surface area (Å²) in [6.45, 7) is -2.25. The first kappa shape index (κ1) is 31.3. The summed E-state index contributed by atoms with van der Waals surface area (Å²) in [6.07, 6.45) is 0. The molecule has 23 heavy (non-hydrogen) atoms. The molecule has 0 rings (SSSR count). The standard InChI is InChI=1S/C10H16N2O8.Mg.2Na/c13-7(14)3-11(4-8(15)16)1-2-12(5-9(17)18)6-10(19)20;;;/h1-6H2,(H,13,14)(H,15,16)(H,17,18)(H,19,20);;;. The molecule has 10 nitrogen and oxygen atoms in total. The van der Waals surface area contributed by atoms with Crippen LogP contribution in [0.1, 0.15) is 0 Å². The van der Waals surface area contributed by atoms with E-state index >= 15 is 0 Å². The Balaban J connectivity index is -0.000000602. The molecule has 0 heterocycles. The summed E-state index contributed by atoms with van der Waals surface area (Å²) in [7, 11) is 0. The number of carbonyl (C=O) groups is 4. The van der Waals surface area contributed by atoms with E-state index < -0.39 is 50.1 Å². The van der Waals surface area contributed by atoms with Gasteiger partial charge in [0, 0.05) is 95.3 Å². The van der Waals surface area contributed by atoms with Gasteiger partial charge in [-0.2, -0.15) is 0 Å². The fourth-order valence-electron chi connectivity index (χ4n) is 1.48. The van der Waals surface area contributed by atoms with Gasteiger partial charge in [-0.15, -0.1) is 0 Å². The summed E-state index contributed by atoms with van der Waals surface area (Å²) in [5, 5.41) is 34.5. The minimum absolute atomic E-state index is 0. The van der Waals surface area contributed by atoms with Crippen LogP contribution < -0.4 is 0 Å². The second-order valence-corrected chi connectivity index (χ2v) is 4.00. The van der Waals surface area contributed by atoms with Crippen molar-refractivity contribution in [2.24, 2.45) is 0 Å².